The summed E-state index contributed by atoms with van der Waals surface area (Å²) in [4.78, 5) is 13.5. The molecule has 0 unspecified atom stereocenters. The number of carbonyl (C=O) groups excluding carboxylic acids is 1. The molecule has 0 aliphatic heterocycles. The summed E-state index contributed by atoms with van der Waals surface area (Å²) in [5.74, 6) is 0. The number of amides is 1. The standard InChI is InChI=1S/C13H23NO2S2/c1-11(14(2)10-16)13(8-9-15)18-17-12-6-4-3-5-7-12/h10,12,15H,3-9H2,1-2H3/b13-11-. The van der Waals surface area contributed by atoms with Gasteiger partial charge in [-0.25, -0.2) is 0 Å². The van der Waals surface area contributed by atoms with E-state index in [2.05, 4.69) is 0 Å². The van der Waals surface area contributed by atoms with E-state index in [1.807, 2.05) is 17.7 Å². The summed E-state index contributed by atoms with van der Waals surface area (Å²) in [6.07, 6.45) is 8.09. The fraction of sp³-hybridized carbons (Fsp3) is 0.769. The summed E-state index contributed by atoms with van der Waals surface area (Å²) in [6, 6.07) is 0. The normalized spacial score (nSPS) is 18.4. The Morgan fingerprint density at radius 3 is 2.61 bits per heavy atom. The number of carbonyl (C=O) groups is 1. The van der Waals surface area contributed by atoms with Crippen LogP contribution >= 0.6 is 21.6 Å². The maximum Gasteiger partial charge on any atom is 0.213 e. The predicted octanol–water partition coefficient (Wildman–Crippen LogP) is 3.40. The first kappa shape index (κ1) is 15.9. The van der Waals surface area contributed by atoms with Crippen molar-refractivity contribution < 1.29 is 9.90 Å². The molecule has 0 radical (unpaired) electrons. The van der Waals surface area contributed by atoms with Crippen LogP contribution in [0.3, 0.4) is 0 Å². The van der Waals surface area contributed by atoms with E-state index in [4.69, 9.17) is 5.11 Å². The molecule has 1 N–H and O–H groups in total. The van der Waals surface area contributed by atoms with Gasteiger partial charge in [0, 0.05) is 35.9 Å². The van der Waals surface area contributed by atoms with E-state index in [0.29, 0.717) is 6.42 Å². The average molecular weight is 289 g/mol. The van der Waals surface area contributed by atoms with E-state index in [1.54, 1.807) is 22.7 Å². The van der Waals surface area contributed by atoms with Gasteiger partial charge in [-0.1, -0.05) is 40.9 Å². The average Bonchev–Trinajstić information content (AvgIpc) is 2.43. The Kier molecular flexibility index (Phi) is 7.86. The van der Waals surface area contributed by atoms with Crippen LogP contribution in [0.4, 0.5) is 0 Å². The molecule has 104 valence electrons. The first-order chi connectivity index (χ1) is 8.69. The molecule has 0 spiro atoms. The summed E-state index contributed by atoms with van der Waals surface area (Å²) < 4.78 is 0. The minimum Gasteiger partial charge on any atom is -0.396 e. The third kappa shape index (κ3) is 5.24. The molecule has 18 heavy (non-hydrogen) atoms. The highest BCUT2D eigenvalue weighted by Gasteiger charge is 2.16. The summed E-state index contributed by atoms with van der Waals surface area (Å²) in [5.41, 5.74) is 0.951. The van der Waals surface area contributed by atoms with Gasteiger partial charge in [0.1, 0.15) is 0 Å². The summed E-state index contributed by atoms with van der Waals surface area (Å²) >= 11 is 0. The van der Waals surface area contributed by atoms with Crippen LogP contribution in [-0.4, -0.2) is 35.3 Å². The van der Waals surface area contributed by atoms with E-state index in [9.17, 15) is 4.79 Å². The number of aliphatic hydroxyl groups excluding tert-OH is 1. The Balaban J connectivity index is 2.53. The lowest BCUT2D eigenvalue weighted by atomic mass is 10.0. The highest BCUT2D eigenvalue weighted by molar-refractivity contribution is 8.78. The van der Waals surface area contributed by atoms with Crippen molar-refractivity contribution in [1.29, 1.82) is 0 Å². The Morgan fingerprint density at radius 2 is 2.06 bits per heavy atom. The van der Waals surface area contributed by atoms with E-state index in [0.717, 1.165) is 22.3 Å². The smallest absolute Gasteiger partial charge is 0.213 e. The molecule has 3 nitrogen and oxygen atoms in total. The van der Waals surface area contributed by atoms with E-state index in [1.165, 1.54) is 32.1 Å². The third-order valence-electron chi connectivity index (χ3n) is 3.27. The topological polar surface area (TPSA) is 40.5 Å². The van der Waals surface area contributed by atoms with Gasteiger partial charge < -0.3 is 10.0 Å². The van der Waals surface area contributed by atoms with Crippen LogP contribution in [0.25, 0.3) is 0 Å². The van der Waals surface area contributed by atoms with Crippen molar-refractivity contribution in [3.05, 3.63) is 10.6 Å². The van der Waals surface area contributed by atoms with Crippen LogP contribution < -0.4 is 0 Å². The molecule has 0 aromatic rings. The molecule has 1 aliphatic rings. The second-order valence-corrected chi connectivity index (χ2v) is 7.23. The number of nitrogens with zero attached hydrogens (tertiary/aromatic N) is 1. The number of allylic oxidation sites excluding steroid dienone is 1. The highest BCUT2D eigenvalue weighted by Crippen LogP contribution is 2.42. The van der Waals surface area contributed by atoms with Crippen molar-refractivity contribution in [1.82, 2.24) is 4.90 Å². The SMILES string of the molecule is C/C(=C(\CCO)SSC1CCCCC1)N(C)C=O. The lowest BCUT2D eigenvalue weighted by Gasteiger charge is -2.22. The van der Waals surface area contributed by atoms with Crippen LogP contribution in [-0.2, 0) is 4.79 Å². The Morgan fingerprint density at radius 1 is 1.39 bits per heavy atom. The molecule has 1 amide bonds. The van der Waals surface area contributed by atoms with Crippen LogP contribution in [0.5, 0.6) is 0 Å². The lowest BCUT2D eigenvalue weighted by molar-refractivity contribution is -0.115. The fourth-order valence-corrected chi connectivity index (χ4v) is 5.11. The molecule has 0 aromatic carbocycles. The minimum absolute atomic E-state index is 0.137. The molecule has 1 saturated carbocycles. The van der Waals surface area contributed by atoms with Crippen molar-refractivity contribution in [3.63, 3.8) is 0 Å². The molecule has 0 heterocycles. The Bertz CT molecular complexity index is 289. The van der Waals surface area contributed by atoms with Crippen LogP contribution in [0.1, 0.15) is 45.4 Å². The van der Waals surface area contributed by atoms with Gasteiger partial charge in [-0.3, -0.25) is 4.79 Å². The molecular formula is C13H23NO2S2. The molecule has 5 heteroatoms. The third-order valence-corrected chi connectivity index (χ3v) is 6.52. The number of rotatable bonds is 7. The molecular weight excluding hydrogens is 266 g/mol. The van der Waals surface area contributed by atoms with Crippen LogP contribution in [0, 0.1) is 0 Å². The van der Waals surface area contributed by atoms with E-state index in [-0.39, 0.29) is 6.61 Å². The van der Waals surface area contributed by atoms with Crippen LogP contribution in [0.15, 0.2) is 10.6 Å². The Labute approximate surface area is 118 Å². The highest BCUT2D eigenvalue weighted by atomic mass is 33.1. The van der Waals surface area contributed by atoms with Gasteiger partial charge in [0.2, 0.25) is 6.41 Å². The van der Waals surface area contributed by atoms with Gasteiger partial charge in [0.25, 0.3) is 0 Å². The van der Waals surface area contributed by atoms with Crippen molar-refractivity contribution >= 4 is 28.0 Å². The maximum absolute atomic E-state index is 10.8. The second-order valence-electron chi connectivity index (χ2n) is 4.64. The molecule has 0 atom stereocenters. The molecule has 0 saturated heterocycles. The largest absolute Gasteiger partial charge is 0.396 e. The zero-order chi connectivity index (χ0) is 13.4. The van der Waals surface area contributed by atoms with Gasteiger partial charge in [-0.15, -0.1) is 0 Å². The van der Waals surface area contributed by atoms with Crippen molar-refractivity contribution in [2.75, 3.05) is 13.7 Å². The second kappa shape index (κ2) is 8.88. The summed E-state index contributed by atoms with van der Waals surface area (Å²) in [6.45, 7) is 2.07. The van der Waals surface area contributed by atoms with Gasteiger partial charge in [-0.2, -0.15) is 0 Å². The first-order valence-corrected chi connectivity index (χ1v) is 8.72. The monoisotopic (exact) mass is 289 g/mol. The molecule has 1 rings (SSSR count). The molecule has 0 aromatic heterocycles. The van der Waals surface area contributed by atoms with Gasteiger partial charge >= 0.3 is 0 Å². The quantitative estimate of drug-likeness (QED) is 0.576. The first-order valence-electron chi connectivity index (χ1n) is 6.51. The van der Waals surface area contributed by atoms with Gasteiger partial charge in [0.05, 0.1) is 0 Å². The van der Waals surface area contributed by atoms with Gasteiger partial charge in [0.15, 0.2) is 0 Å². The van der Waals surface area contributed by atoms with Crippen molar-refractivity contribution in [2.24, 2.45) is 0 Å². The Hall–Kier alpha value is -0.130. The predicted molar refractivity (Wildman–Crippen MR) is 80.3 cm³/mol. The number of aliphatic hydroxyl groups is 1. The van der Waals surface area contributed by atoms with E-state index >= 15 is 0 Å². The number of hydrogen-bond donors (Lipinski definition) is 1. The zero-order valence-electron chi connectivity index (χ0n) is 11.2. The fourth-order valence-electron chi connectivity index (χ4n) is 1.95. The number of hydrogen-bond acceptors (Lipinski definition) is 4. The van der Waals surface area contributed by atoms with Crippen molar-refractivity contribution in [2.45, 2.75) is 50.7 Å². The summed E-state index contributed by atoms with van der Waals surface area (Å²) in [5, 5.41) is 9.84. The molecule has 1 aliphatic carbocycles. The summed E-state index contributed by atoms with van der Waals surface area (Å²) in [7, 11) is 5.40. The van der Waals surface area contributed by atoms with Crippen LogP contribution in [0.2, 0.25) is 0 Å². The van der Waals surface area contributed by atoms with Gasteiger partial charge in [-0.05, 0) is 19.8 Å². The minimum atomic E-state index is 0.137. The van der Waals surface area contributed by atoms with E-state index < -0.39 is 0 Å². The van der Waals surface area contributed by atoms with Crippen molar-refractivity contribution in [3.8, 4) is 0 Å². The molecule has 0 bridgehead atoms. The maximum atomic E-state index is 10.8. The lowest BCUT2D eigenvalue weighted by Crippen LogP contribution is -2.15. The zero-order valence-corrected chi connectivity index (χ0v) is 12.9. The molecule has 1 fully saturated rings.